The van der Waals surface area contributed by atoms with Crippen molar-refractivity contribution in [2.75, 3.05) is 18.4 Å². The number of likely N-dealkylation sites (tertiary alicyclic amines) is 1. The van der Waals surface area contributed by atoms with Crippen molar-refractivity contribution < 1.29 is 9.59 Å². The minimum Gasteiger partial charge on any atom is -0.342 e. The molecule has 3 rings (SSSR count). The zero-order chi connectivity index (χ0) is 19.7. The highest BCUT2D eigenvalue weighted by molar-refractivity contribution is 6.31. The molecule has 0 radical (unpaired) electrons. The summed E-state index contributed by atoms with van der Waals surface area (Å²) in [5.74, 6) is 0.567. The third-order valence-electron chi connectivity index (χ3n) is 4.61. The molecule has 1 aliphatic rings. The van der Waals surface area contributed by atoms with Crippen molar-refractivity contribution in [1.82, 2.24) is 19.7 Å². The molecule has 2 aromatic rings. The molecular weight excluding hydrogens is 366 g/mol. The number of nitrogens with one attached hydrogen (secondary N) is 1. The lowest BCUT2D eigenvalue weighted by molar-refractivity contribution is -0.128. The molecule has 2 amide bonds. The molecule has 0 spiro atoms. The predicted molar refractivity (Wildman–Crippen MR) is 104 cm³/mol. The molecule has 27 heavy (non-hydrogen) atoms. The third kappa shape index (κ3) is 4.13. The summed E-state index contributed by atoms with van der Waals surface area (Å²) in [5.41, 5.74) is 2.14. The summed E-state index contributed by atoms with van der Waals surface area (Å²) in [4.78, 5) is 30.7. The Morgan fingerprint density at radius 2 is 2.11 bits per heavy atom. The van der Waals surface area contributed by atoms with Crippen LogP contribution in [0.15, 0.2) is 18.3 Å². The van der Waals surface area contributed by atoms with Gasteiger partial charge in [0.15, 0.2) is 5.82 Å². The summed E-state index contributed by atoms with van der Waals surface area (Å²) < 4.78 is 1.67. The molecule has 7 nitrogen and oxygen atoms in total. The molecule has 0 aromatic carbocycles. The number of hydrogen-bond donors (Lipinski definition) is 1. The van der Waals surface area contributed by atoms with Crippen LogP contribution in [0.1, 0.15) is 31.7 Å². The van der Waals surface area contributed by atoms with Gasteiger partial charge in [-0.15, -0.1) is 0 Å². The van der Waals surface area contributed by atoms with Crippen molar-refractivity contribution in [1.29, 1.82) is 0 Å². The van der Waals surface area contributed by atoms with E-state index in [9.17, 15) is 9.59 Å². The third-order valence-corrected chi connectivity index (χ3v) is 5.15. The Bertz CT molecular complexity index is 860. The van der Waals surface area contributed by atoms with E-state index >= 15 is 0 Å². The number of amides is 2. The number of hydrogen-bond acceptors (Lipinski definition) is 4. The maximum Gasteiger partial charge on any atom is 0.229 e. The van der Waals surface area contributed by atoms with E-state index in [4.69, 9.17) is 11.6 Å². The average Bonchev–Trinajstić information content (AvgIpc) is 3.10. The van der Waals surface area contributed by atoms with Gasteiger partial charge in [-0.25, -0.2) is 9.67 Å². The van der Waals surface area contributed by atoms with Gasteiger partial charge in [-0.2, -0.15) is 5.10 Å². The summed E-state index contributed by atoms with van der Waals surface area (Å²) in [5, 5.41) is 7.83. The molecule has 1 atom stereocenters. The summed E-state index contributed by atoms with van der Waals surface area (Å²) in [6, 6.07) is 3.55. The van der Waals surface area contributed by atoms with Gasteiger partial charge in [-0.1, -0.05) is 25.4 Å². The van der Waals surface area contributed by atoms with Gasteiger partial charge in [-0.05, 0) is 31.9 Å². The largest absolute Gasteiger partial charge is 0.342 e. The van der Waals surface area contributed by atoms with E-state index < -0.39 is 0 Å². The van der Waals surface area contributed by atoms with Gasteiger partial charge in [0.2, 0.25) is 11.8 Å². The number of aryl methyl sites for hydroxylation is 1. The first-order chi connectivity index (χ1) is 12.8. The minimum atomic E-state index is -0.328. The molecule has 0 bridgehead atoms. The highest BCUT2D eigenvalue weighted by atomic mass is 35.5. The molecule has 0 saturated carbocycles. The highest BCUT2D eigenvalue weighted by Crippen LogP contribution is 2.23. The van der Waals surface area contributed by atoms with Crippen LogP contribution in [0.4, 0.5) is 5.69 Å². The molecule has 0 aliphatic carbocycles. The molecule has 144 valence electrons. The number of anilines is 1. The fraction of sp³-hybridized carbons (Fsp3) is 0.474. The van der Waals surface area contributed by atoms with Gasteiger partial charge >= 0.3 is 0 Å². The van der Waals surface area contributed by atoms with E-state index in [1.165, 1.54) is 0 Å². The van der Waals surface area contributed by atoms with E-state index in [-0.39, 0.29) is 24.2 Å². The highest BCUT2D eigenvalue weighted by Gasteiger charge is 2.34. The maximum absolute atomic E-state index is 12.5. The molecule has 1 saturated heterocycles. The van der Waals surface area contributed by atoms with Crippen LogP contribution in [-0.2, 0) is 9.59 Å². The Balaban J connectivity index is 1.65. The first-order valence-electron chi connectivity index (χ1n) is 9.03. The van der Waals surface area contributed by atoms with Crippen LogP contribution in [-0.4, -0.2) is 44.6 Å². The molecule has 0 unspecified atom stereocenters. The molecule has 1 aliphatic heterocycles. The van der Waals surface area contributed by atoms with E-state index in [0.717, 1.165) is 11.4 Å². The fourth-order valence-corrected chi connectivity index (χ4v) is 3.36. The summed E-state index contributed by atoms with van der Waals surface area (Å²) >= 11 is 6.18. The van der Waals surface area contributed by atoms with Gasteiger partial charge < -0.3 is 10.2 Å². The van der Waals surface area contributed by atoms with Crippen LogP contribution >= 0.6 is 11.6 Å². The molecule has 1 fully saturated rings. The first kappa shape index (κ1) is 19.4. The minimum absolute atomic E-state index is 0.0405. The number of halogens is 1. The summed E-state index contributed by atoms with van der Waals surface area (Å²) in [6.45, 7) is 8.99. The van der Waals surface area contributed by atoms with Crippen molar-refractivity contribution in [3.8, 4) is 5.82 Å². The average molecular weight is 390 g/mol. The van der Waals surface area contributed by atoms with Gasteiger partial charge in [0.25, 0.3) is 0 Å². The van der Waals surface area contributed by atoms with Gasteiger partial charge in [0.1, 0.15) is 0 Å². The monoisotopic (exact) mass is 389 g/mol. The lowest BCUT2D eigenvalue weighted by Crippen LogP contribution is -2.31. The van der Waals surface area contributed by atoms with Crippen LogP contribution < -0.4 is 5.32 Å². The van der Waals surface area contributed by atoms with E-state index in [0.29, 0.717) is 35.5 Å². The molecule has 2 aromatic heterocycles. The lowest BCUT2D eigenvalue weighted by atomic mass is 10.1. The van der Waals surface area contributed by atoms with Crippen LogP contribution in [0.3, 0.4) is 0 Å². The number of aromatic nitrogens is 3. The van der Waals surface area contributed by atoms with Crippen LogP contribution in [0.5, 0.6) is 0 Å². The Kier molecular flexibility index (Phi) is 5.51. The Morgan fingerprint density at radius 1 is 1.37 bits per heavy atom. The second-order valence-corrected chi connectivity index (χ2v) is 7.76. The van der Waals surface area contributed by atoms with Crippen LogP contribution in [0, 0.1) is 25.7 Å². The second-order valence-electron chi connectivity index (χ2n) is 7.38. The number of nitrogens with zero attached hydrogens (tertiary/aromatic N) is 4. The number of pyridine rings is 1. The lowest BCUT2D eigenvalue weighted by Gasteiger charge is -2.18. The quantitative estimate of drug-likeness (QED) is 0.852. The van der Waals surface area contributed by atoms with Gasteiger partial charge in [-0.3, -0.25) is 9.59 Å². The van der Waals surface area contributed by atoms with E-state index in [2.05, 4.69) is 29.2 Å². The molecule has 1 N–H and O–H groups in total. The normalized spacial score (nSPS) is 17.0. The van der Waals surface area contributed by atoms with E-state index in [1.807, 2.05) is 13.8 Å². The number of carbonyl (C=O) groups excluding carboxylic acids is 2. The molecular formula is C19H24ClN5O2. The van der Waals surface area contributed by atoms with Crippen LogP contribution in [0.25, 0.3) is 5.82 Å². The smallest absolute Gasteiger partial charge is 0.229 e. The summed E-state index contributed by atoms with van der Waals surface area (Å²) in [7, 11) is 0. The Hall–Kier alpha value is -2.41. The van der Waals surface area contributed by atoms with Gasteiger partial charge in [0.05, 0.1) is 34.2 Å². The fourth-order valence-electron chi connectivity index (χ4n) is 3.24. The maximum atomic E-state index is 12.5. The Labute approximate surface area is 163 Å². The zero-order valence-electron chi connectivity index (χ0n) is 16.0. The Morgan fingerprint density at radius 3 is 2.67 bits per heavy atom. The second kappa shape index (κ2) is 7.68. The topological polar surface area (TPSA) is 80.1 Å². The summed E-state index contributed by atoms with van der Waals surface area (Å²) in [6.07, 6.45) is 1.84. The van der Waals surface area contributed by atoms with Gasteiger partial charge in [0, 0.05) is 19.5 Å². The van der Waals surface area contributed by atoms with Crippen molar-refractivity contribution >= 4 is 29.1 Å². The number of rotatable bonds is 5. The van der Waals surface area contributed by atoms with Crippen molar-refractivity contribution in [2.45, 2.75) is 34.1 Å². The van der Waals surface area contributed by atoms with Crippen molar-refractivity contribution in [3.05, 3.63) is 34.7 Å². The van der Waals surface area contributed by atoms with Crippen LogP contribution in [0.2, 0.25) is 5.02 Å². The zero-order valence-corrected chi connectivity index (χ0v) is 16.7. The predicted octanol–water partition coefficient (Wildman–Crippen LogP) is 2.98. The van der Waals surface area contributed by atoms with Crippen molar-refractivity contribution in [2.24, 2.45) is 11.8 Å². The van der Waals surface area contributed by atoms with E-state index in [1.54, 1.807) is 27.9 Å². The standard InChI is InChI=1S/C19H24ClN5O2/c1-11(2)9-24-10-14(7-17(24)26)19(27)22-15-5-6-16(21-8-15)25-13(4)18(20)12(3)23-25/h5-6,8,11,14H,7,9-10H2,1-4H3,(H,22,27)/t14-/m0/s1. The molecule has 8 heteroatoms. The first-order valence-corrected chi connectivity index (χ1v) is 9.40. The molecule has 3 heterocycles. The van der Waals surface area contributed by atoms with Crippen molar-refractivity contribution in [3.63, 3.8) is 0 Å². The SMILES string of the molecule is Cc1nn(-c2ccc(NC(=O)[C@H]3CC(=O)N(CC(C)C)C3)cn2)c(C)c1Cl. The number of carbonyl (C=O) groups is 2.